The molecule has 0 aliphatic rings. The molecule has 3 aromatic rings. The molecule has 0 saturated carbocycles. The molecule has 0 saturated heterocycles. The van der Waals surface area contributed by atoms with E-state index in [0.29, 0.717) is 5.78 Å². The van der Waals surface area contributed by atoms with Crippen molar-refractivity contribution < 1.29 is 4.39 Å². The zero-order valence-corrected chi connectivity index (χ0v) is 9.26. The number of nitrogens with zero attached hydrogens (tertiary/aromatic N) is 3. The maximum Gasteiger partial charge on any atom is 0.234 e. The second kappa shape index (κ2) is 3.66. The van der Waals surface area contributed by atoms with Crippen molar-refractivity contribution in [1.29, 1.82) is 0 Å². The SMILES string of the molecule is Cc1nc2ncccn2c1-c1ccc(F)cc1. The lowest BCUT2D eigenvalue weighted by atomic mass is 10.1. The van der Waals surface area contributed by atoms with Gasteiger partial charge in [0.25, 0.3) is 0 Å². The van der Waals surface area contributed by atoms with Crippen LogP contribution in [0.25, 0.3) is 17.0 Å². The Morgan fingerprint density at radius 2 is 1.94 bits per heavy atom. The standard InChI is InChI=1S/C13H10FN3/c1-9-12(10-3-5-11(14)6-4-10)17-8-2-7-15-13(17)16-9/h2-8H,1H3. The third-order valence-corrected chi connectivity index (χ3v) is 2.70. The van der Waals surface area contributed by atoms with Crippen molar-refractivity contribution in [2.75, 3.05) is 0 Å². The van der Waals surface area contributed by atoms with Crippen LogP contribution in [0.3, 0.4) is 0 Å². The first kappa shape index (κ1) is 9.96. The number of hydrogen-bond acceptors (Lipinski definition) is 2. The summed E-state index contributed by atoms with van der Waals surface area (Å²) in [5, 5.41) is 0. The van der Waals surface area contributed by atoms with E-state index in [-0.39, 0.29) is 5.82 Å². The minimum Gasteiger partial charge on any atom is -0.283 e. The van der Waals surface area contributed by atoms with E-state index < -0.39 is 0 Å². The number of aryl methyl sites for hydroxylation is 1. The zero-order valence-electron chi connectivity index (χ0n) is 9.26. The van der Waals surface area contributed by atoms with Crippen LogP contribution < -0.4 is 0 Å². The summed E-state index contributed by atoms with van der Waals surface area (Å²) in [5.74, 6) is 0.419. The van der Waals surface area contributed by atoms with Crippen LogP contribution in [0.4, 0.5) is 4.39 Å². The Bertz CT molecular complexity index is 671. The number of halogens is 1. The number of aromatic nitrogens is 3. The first-order valence-electron chi connectivity index (χ1n) is 5.31. The minimum absolute atomic E-state index is 0.238. The highest BCUT2D eigenvalue weighted by molar-refractivity contribution is 5.65. The summed E-state index contributed by atoms with van der Waals surface area (Å²) < 4.78 is 14.8. The molecule has 0 atom stereocenters. The van der Waals surface area contributed by atoms with Crippen LogP contribution in [-0.2, 0) is 0 Å². The second-order valence-electron chi connectivity index (χ2n) is 3.84. The third kappa shape index (κ3) is 1.58. The van der Waals surface area contributed by atoms with E-state index in [2.05, 4.69) is 9.97 Å². The molecule has 0 spiro atoms. The topological polar surface area (TPSA) is 30.2 Å². The average molecular weight is 227 g/mol. The molecule has 2 heterocycles. The van der Waals surface area contributed by atoms with Crippen molar-refractivity contribution in [3.05, 3.63) is 54.2 Å². The number of fused-ring (bicyclic) bond motifs is 1. The van der Waals surface area contributed by atoms with Gasteiger partial charge in [0.1, 0.15) is 5.82 Å². The smallest absolute Gasteiger partial charge is 0.234 e. The third-order valence-electron chi connectivity index (χ3n) is 2.70. The van der Waals surface area contributed by atoms with Gasteiger partial charge in [-0.15, -0.1) is 0 Å². The highest BCUT2D eigenvalue weighted by Crippen LogP contribution is 2.23. The molecule has 84 valence electrons. The molecule has 0 fully saturated rings. The molecule has 0 radical (unpaired) electrons. The monoisotopic (exact) mass is 227 g/mol. The lowest BCUT2D eigenvalue weighted by Gasteiger charge is -2.02. The Labute approximate surface area is 97.6 Å². The highest BCUT2D eigenvalue weighted by atomic mass is 19.1. The first-order valence-corrected chi connectivity index (χ1v) is 5.31. The van der Waals surface area contributed by atoms with Gasteiger partial charge in [0.15, 0.2) is 0 Å². The van der Waals surface area contributed by atoms with Gasteiger partial charge >= 0.3 is 0 Å². The van der Waals surface area contributed by atoms with Gasteiger partial charge in [0, 0.05) is 18.0 Å². The summed E-state index contributed by atoms with van der Waals surface area (Å²) >= 11 is 0. The average Bonchev–Trinajstić information content (AvgIpc) is 2.66. The molecule has 3 rings (SSSR count). The molecular formula is C13H10FN3. The van der Waals surface area contributed by atoms with Gasteiger partial charge in [-0.1, -0.05) is 0 Å². The number of hydrogen-bond donors (Lipinski definition) is 0. The number of rotatable bonds is 1. The van der Waals surface area contributed by atoms with Crippen LogP contribution in [-0.4, -0.2) is 14.4 Å². The van der Waals surface area contributed by atoms with E-state index in [1.54, 1.807) is 18.3 Å². The lowest BCUT2D eigenvalue weighted by molar-refractivity contribution is 0.628. The van der Waals surface area contributed by atoms with Crippen molar-refractivity contribution in [1.82, 2.24) is 14.4 Å². The summed E-state index contributed by atoms with van der Waals surface area (Å²) in [4.78, 5) is 8.55. The van der Waals surface area contributed by atoms with Crippen LogP contribution in [0.1, 0.15) is 5.69 Å². The Balaban J connectivity index is 2.29. The molecule has 1 aromatic carbocycles. The van der Waals surface area contributed by atoms with Crippen molar-refractivity contribution in [2.24, 2.45) is 0 Å². The molecule has 0 aliphatic heterocycles. The molecule has 0 aliphatic carbocycles. The molecule has 4 heteroatoms. The van der Waals surface area contributed by atoms with Crippen LogP contribution in [0, 0.1) is 12.7 Å². The van der Waals surface area contributed by atoms with Crippen LogP contribution in [0.2, 0.25) is 0 Å². The predicted octanol–water partition coefficient (Wildman–Crippen LogP) is 2.84. The Morgan fingerprint density at radius 1 is 1.18 bits per heavy atom. The van der Waals surface area contributed by atoms with E-state index in [9.17, 15) is 4.39 Å². The lowest BCUT2D eigenvalue weighted by Crippen LogP contribution is -1.90. The van der Waals surface area contributed by atoms with E-state index >= 15 is 0 Å². The summed E-state index contributed by atoms with van der Waals surface area (Å²) in [5.41, 5.74) is 2.77. The second-order valence-corrected chi connectivity index (χ2v) is 3.84. The Hall–Kier alpha value is -2.23. The van der Waals surface area contributed by atoms with Gasteiger partial charge in [-0.2, -0.15) is 0 Å². The summed E-state index contributed by atoms with van der Waals surface area (Å²) in [6.45, 7) is 1.92. The minimum atomic E-state index is -0.238. The summed E-state index contributed by atoms with van der Waals surface area (Å²) in [7, 11) is 0. The van der Waals surface area contributed by atoms with Crippen molar-refractivity contribution in [2.45, 2.75) is 6.92 Å². The first-order chi connectivity index (χ1) is 8.25. The highest BCUT2D eigenvalue weighted by Gasteiger charge is 2.10. The van der Waals surface area contributed by atoms with Crippen LogP contribution >= 0.6 is 0 Å². The fraction of sp³-hybridized carbons (Fsp3) is 0.0769. The number of imidazole rings is 1. The van der Waals surface area contributed by atoms with E-state index in [0.717, 1.165) is 17.0 Å². The molecule has 2 aromatic heterocycles. The normalized spacial score (nSPS) is 10.9. The summed E-state index contributed by atoms with van der Waals surface area (Å²) in [6.07, 6.45) is 3.61. The Kier molecular flexibility index (Phi) is 2.14. The summed E-state index contributed by atoms with van der Waals surface area (Å²) in [6, 6.07) is 8.24. The van der Waals surface area contributed by atoms with Gasteiger partial charge in [-0.05, 0) is 37.3 Å². The van der Waals surface area contributed by atoms with E-state index in [1.807, 2.05) is 23.6 Å². The van der Waals surface area contributed by atoms with Gasteiger partial charge in [0.2, 0.25) is 5.78 Å². The largest absolute Gasteiger partial charge is 0.283 e. The fourth-order valence-electron chi connectivity index (χ4n) is 1.95. The number of benzene rings is 1. The van der Waals surface area contributed by atoms with E-state index in [4.69, 9.17) is 0 Å². The van der Waals surface area contributed by atoms with Gasteiger partial charge in [0.05, 0.1) is 11.4 Å². The van der Waals surface area contributed by atoms with Gasteiger partial charge < -0.3 is 0 Å². The van der Waals surface area contributed by atoms with Crippen molar-refractivity contribution in [3.63, 3.8) is 0 Å². The Morgan fingerprint density at radius 3 is 2.71 bits per heavy atom. The fourth-order valence-corrected chi connectivity index (χ4v) is 1.95. The van der Waals surface area contributed by atoms with Crippen LogP contribution in [0.15, 0.2) is 42.7 Å². The predicted molar refractivity (Wildman–Crippen MR) is 63.1 cm³/mol. The molecule has 0 amide bonds. The molecule has 3 nitrogen and oxygen atoms in total. The zero-order chi connectivity index (χ0) is 11.8. The van der Waals surface area contributed by atoms with Crippen molar-refractivity contribution in [3.8, 4) is 11.3 Å². The maximum atomic E-state index is 12.9. The van der Waals surface area contributed by atoms with Gasteiger partial charge in [-0.3, -0.25) is 4.40 Å². The van der Waals surface area contributed by atoms with Crippen LogP contribution in [0.5, 0.6) is 0 Å². The van der Waals surface area contributed by atoms with Crippen molar-refractivity contribution >= 4 is 5.78 Å². The molecular weight excluding hydrogens is 217 g/mol. The molecule has 0 bridgehead atoms. The molecule has 17 heavy (non-hydrogen) atoms. The maximum absolute atomic E-state index is 12.9. The molecule has 0 N–H and O–H groups in total. The quantitative estimate of drug-likeness (QED) is 0.640. The van der Waals surface area contributed by atoms with E-state index in [1.165, 1.54) is 12.1 Å². The van der Waals surface area contributed by atoms with Gasteiger partial charge in [-0.25, -0.2) is 14.4 Å². The molecule has 0 unspecified atom stereocenters.